The Morgan fingerprint density at radius 2 is 1.57 bits per heavy atom. The Labute approximate surface area is 237 Å². The second-order valence-electron chi connectivity index (χ2n) is 9.88. The van der Waals surface area contributed by atoms with Crippen molar-refractivity contribution in [2.75, 3.05) is 23.7 Å². The van der Waals surface area contributed by atoms with Crippen molar-refractivity contribution >= 4 is 33.3 Å². The highest BCUT2D eigenvalue weighted by Gasteiger charge is 2.33. The van der Waals surface area contributed by atoms with Gasteiger partial charge in [0.1, 0.15) is 12.6 Å². The van der Waals surface area contributed by atoms with E-state index in [1.165, 1.54) is 17.9 Å². The minimum atomic E-state index is -3.91. The summed E-state index contributed by atoms with van der Waals surface area (Å²) >= 11 is 0. The summed E-state index contributed by atoms with van der Waals surface area (Å²) in [5, 5.41) is 2.92. The van der Waals surface area contributed by atoms with Crippen molar-refractivity contribution in [3.05, 3.63) is 101 Å². The molecule has 2 amide bonds. The molecule has 3 aromatic carbocycles. The number of benzene rings is 3. The Balaban J connectivity index is 2.06. The first-order valence-corrected chi connectivity index (χ1v) is 15.1. The summed E-state index contributed by atoms with van der Waals surface area (Å²) in [4.78, 5) is 41.0. The summed E-state index contributed by atoms with van der Waals surface area (Å²) < 4.78 is 26.8. The summed E-state index contributed by atoms with van der Waals surface area (Å²) in [6, 6.07) is 22.3. The van der Waals surface area contributed by atoms with Gasteiger partial charge in [-0.3, -0.25) is 18.7 Å². The van der Waals surface area contributed by atoms with E-state index in [0.717, 1.165) is 33.7 Å². The van der Waals surface area contributed by atoms with Crippen LogP contribution in [0.15, 0.2) is 78.9 Å². The van der Waals surface area contributed by atoms with E-state index in [4.69, 9.17) is 0 Å². The van der Waals surface area contributed by atoms with E-state index < -0.39 is 28.5 Å². The highest BCUT2D eigenvalue weighted by atomic mass is 32.2. The molecule has 0 aliphatic carbocycles. The third-order valence-corrected chi connectivity index (χ3v) is 7.62. The molecule has 9 heteroatoms. The predicted molar refractivity (Wildman–Crippen MR) is 158 cm³/mol. The fourth-order valence-electron chi connectivity index (χ4n) is 4.42. The number of anilines is 1. The molecule has 0 saturated carbocycles. The summed E-state index contributed by atoms with van der Waals surface area (Å²) in [5.74, 6) is -1.07. The summed E-state index contributed by atoms with van der Waals surface area (Å²) in [5.41, 5.74) is 3.22. The lowest BCUT2D eigenvalue weighted by molar-refractivity contribution is -0.140. The number of sulfonamides is 1. The van der Waals surface area contributed by atoms with Crippen LogP contribution in [0.1, 0.15) is 47.3 Å². The zero-order valence-corrected chi connectivity index (χ0v) is 24.3. The molecule has 0 aliphatic heterocycles. The van der Waals surface area contributed by atoms with Crippen molar-refractivity contribution in [3.63, 3.8) is 0 Å². The average molecular weight is 564 g/mol. The van der Waals surface area contributed by atoms with Gasteiger partial charge in [-0.2, -0.15) is 0 Å². The van der Waals surface area contributed by atoms with Crippen LogP contribution >= 0.6 is 0 Å². The summed E-state index contributed by atoms with van der Waals surface area (Å²) in [7, 11) is -3.91. The predicted octanol–water partition coefficient (Wildman–Crippen LogP) is 4.13. The number of nitrogens with zero attached hydrogens (tertiary/aromatic N) is 2. The van der Waals surface area contributed by atoms with Gasteiger partial charge in [0.05, 0.1) is 11.9 Å². The van der Waals surface area contributed by atoms with Crippen LogP contribution in [0.5, 0.6) is 0 Å². The van der Waals surface area contributed by atoms with E-state index in [2.05, 4.69) is 5.32 Å². The van der Waals surface area contributed by atoms with Crippen LogP contribution in [-0.4, -0.2) is 56.3 Å². The lowest BCUT2D eigenvalue weighted by Crippen LogP contribution is -2.53. The van der Waals surface area contributed by atoms with E-state index >= 15 is 0 Å². The van der Waals surface area contributed by atoms with Gasteiger partial charge in [0.25, 0.3) is 0 Å². The van der Waals surface area contributed by atoms with Gasteiger partial charge in [0.2, 0.25) is 21.8 Å². The number of carbonyl (C=O) groups is 3. The van der Waals surface area contributed by atoms with Gasteiger partial charge >= 0.3 is 0 Å². The minimum absolute atomic E-state index is 0.114. The van der Waals surface area contributed by atoms with Crippen molar-refractivity contribution < 1.29 is 22.8 Å². The first kappa shape index (κ1) is 30.6. The SMILES string of the molecule is CCCNC(=O)[C@H](Cc1ccccc1)N(Cc1cccc(C)c1)C(=O)CN(c1cccc(C(C)=O)c1)S(C)(=O)=O. The van der Waals surface area contributed by atoms with Crippen LogP contribution in [0.25, 0.3) is 0 Å². The Hall–Kier alpha value is -3.98. The molecule has 0 bridgehead atoms. The highest BCUT2D eigenvalue weighted by molar-refractivity contribution is 7.92. The van der Waals surface area contributed by atoms with Crippen LogP contribution in [0.4, 0.5) is 5.69 Å². The number of hydrogen-bond donors (Lipinski definition) is 1. The van der Waals surface area contributed by atoms with Gasteiger partial charge in [-0.15, -0.1) is 0 Å². The third kappa shape index (κ3) is 8.51. The molecule has 8 nitrogen and oxygen atoms in total. The molecule has 0 spiro atoms. The molecule has 212 valence electrons. The molecular weight excluding hydrogens is 526 g/mol. The molecule has 1 atom stereocenters. The molecule has 0 unspecified atom stereocenters. The van der Waals surface area contributed by atoms with Crippen LogP contribution in [0.3, 0.4) is 0 Å². The van der Waals surface area contributed by atoms with Crippen LogP contribution in [0, 0.1) is 6.92 Å². The normalized spacial score (nSPS) is 11.9. The van der Waals surface area contributed by atoms with Crippen molar-refractivity contribution in [1.29, 1.82) is 0 Å². The van der Waals surface area contributed by atoms with E-state index in [-0.39, 0.29) is 30.3 Å². The Morgan fingerprint density at radius 3 is 2.20 bits per heavy atom. The van der Waals surface area contributed by atoms with Crippen LogP contribution < -0.4 is 9.62 Å². The van der Waals surface area contributed by atoms with Crippen molar-refractivity contribution in [2.45, 2.75) is 46.2 Å². The maximum Gasteiger partial charge on any atom is 0.244 e. The highest BCUT2D eigenvalue weighted by Crippen LogP contribution is 2.22. The van der Waals surface area contributed by atoms with Crippen molar-refractivity contribution in [1.82, 2.24) is 10.2 Å². The number of amides is 2. The summed E-state index contributed by atoms with van der Waals surface area (Å²) in [6.45, 7) is 5.31. The van der Waals surface area contributed by atoms with Crippen LogP contribution in [-0.2, 0) is 32.6 Å². The zero-order valence-electron chi connectivity index (χ0n) is 23.5. The Morgan fingerprint density at radius 1 is 0.900 bits per heavy atom. The van der Waals surface area contributed by atoms with Gasteiger partial charge in [0.15, 0.2) is 5.78 Å². The number of aryl methyl sites for hydroxylation is 1. The Kier molecular flexibility index (Phi) is 10.6. The molecule has 0 heterocycles. The lowest BCUT2D eigenvalue weighted by Gasteiger charge is -2.33. The molecule has 0 fully saturated rings. The second kappa shape index (κ2) is 13.9. The van der Waals surface area contributed by atoms with Crippen molar-refractivity contribution in [2.24, 2.45) is 0 Å². The second-order valence-corrected chi connectivity index (χ2v) is 11.8. The number of Topliss-reactive ketones (excluding diaryl/α,β-unsaturated/α-hetero) is 1. The zero-order chi connectivity index (χ0) is 29.3. The molecule has 40 heavy (non-hydrogen) atoms. The number of carbonyl (C=O) groups excluding carboxylic acids is 3. The standard InChI is InChI=1S/C31H37N3O5S/c1-5-17-32-31(37)29(19-25-12-7-6-8-13-25)33(21-26-14-9-11-23(2)18-26)30(36)22-34(40(4,38)39)28-16-10-15-27(20-28)24(3)35/h6-16,18,20,29H,5,17,19,21-22H2,1-4H3,(H,32,37)/t29-/m0/s1. The first-order valence-electron chi connectivity index (χ1n) is 13.2. The average Bonchev–Trinajstić information content (AvgIpc) is 2.92. The monoisotopic (exact) mass is 563 g/mol. The van der Waals surface area contributed by atoms with E-state index in [0.29, 0.717) is 12.1 Å². The summed E-state index contributed by atoms with van der Waals surface area (Å²) in [6.07, 6.45) is 2.00. The van der Waals surface area contributed by atoms with Gasteiger partial charge < -0.3 is 10.2 Å². The molecule has 0 aromatic heterocycles. The molecule has 3 aromatic rings. The largest absolute Gasteiger partial charge is 0.354 e. The number of ketones is 1. The molecule has 0 radical (unpaired) electrons. The Bertz CT molecular complexity index is 1440. The van der Waals surface area contributed by atoms with Gasteiger partial charge in [-0.05, 0) is 43.5 Å². The lowest BCUT2D eigenvalue weighted by atomic mass is 10.0. The first-order chi connectivity index (χ1) is 19.0. The molecule has 3 rings (SSSR count). The topological polar surface area (TPSA) is 104 Å². The van der Waals surface area contributed by atoms with Crippen molar-refractivity contribution in [3.8, 4) is 0 Å². The van der Waals surface area contributed by atoms with Gasteiger partial charge in [-0.25, -0.2) is 8.42 Å². The smallest absolute Gasteiger partial charge is 0.244 e. The minimum Gasteiger partial charge on any atom is -0.354 e. The maximum atomic E-state index is 14.1. The number of nitrogens with one attached hydrogen (secondary N) is 1. The van der Waals surface area contributed by atoms with Gasteiger partial charge in [0, 0.05) is 25.1 Å². The van der Waals surface area contributed by atoms with E-state index in [9.17, 15) is 22.8 Å². The third-order valence-electron chi connectivity index (χ3n) is 6.48. The number of rotatable bonds is 13. The fourth-order valence-corrected chi connectivity index (χ4v) is 5.26. The molecular formula is C31H37N3O5S. The quantitative estimate of drug-likeness (QED) is 0.315. The maximum absolute atomic E-state index is 14.1. The molecule has 0 aliphatic rings. The number of hydrogen-bond acceptors (Lipinski definition) is 5. The van der Waals surface area contributed by atoms with Gasteiger partial charge in [-0.1, -0.05) is 79.2 Å². The van der Waals surface area contributed by atoms with Crippen LogP contribution in [0.2, 0.25) is 0 Å². The molecule has 0 saturated heterocycles. The van der Waals surface area contributed by atoms with E-state index in [1.807, 2.05) is 68.4 Å². The molecule has 1 N–H and O–H groups in total. The fraction of sp³-hybridized carbons (Fsp3) is 0.323. The van der Waals surface area contributed by atoms with E-state index in [1.54, 1.807) is 18.2 Å².